The zero-order valence-corrected chi connectivity index (χ0v) is 16.0. The van der Waals surface area contributed by atoms with Gasteiger partial charge in [0, 0.05) is 38.1 Å². The van der Waals surface area contributed by atoms with Crippen LogP contribution in [0.25, 0.3) is 0 Å². The molecule has 2 aromatic heterocycles. The smallest absolute Gasteiger partial charge is 0.173 e. The zero-order chi connectivity index (χ0) is 18.1. The maximum atomic E-state index is 4.55. The van der Waals surface area contributed by atoms with E-state index in [9.17, 15) is 0 Å². The quantitative estimate of drug-likeness (QED) is 0.827. The van der Waals surface area contributed by atoms with Gasteiger partial charge in [-0.1, -0.05) is 19.3 Å². The molecule has 7 nitrogen and oxygen atoms in total. The molecule has 0 unspecified atom stereocenters. The van der Waals surface area contributed by atoms with Crippen LogP contribution in [0.2, 0.25) is 0 Å². The van der Waals surface area contributed by atoms with Gasteiger partial charge in [-0.25, -0.2) is 4.68 Å². The molecule has 2 aliphatic heterocycles. The number of piperazine rings is 1. The molecule has 3 fully saturated rings. The molecule has 4 heterocycles. The number of hydrogen-bond donors (Lipinski definition) is 0. The Morgan fingerprint density at radius 2 is 1.70 bits per heavy atom. The Hall–Kier alpha value is -1.86. The maximum absolute atomic E-state index is 4.55. The van der Waals surface area contributed by atoms with Crippen molar-refractivity contribution in [3.05, 3.63) is 35.9 Å². The normalized spacial score (nSPS) is 26.1. The van der Waals surface area contributed by atoms with E-state index in [1.165, 1.54) is 57.1 Å². The summed E-state index contributed by atoms with van der Waals surface area (Å²) in [7, 11) is 0. The molecule has 2 saturated heterocycles. The van der Waals surface area contributed by atoms with Gasteiger partial charge in [0.05, 0.1) is 12.1 Å². The van der Waals surface area contributed by atoms with Gasteiger partial charge >= 0.3 is 0 Å². The molecule has 144 valence electrons. The average Bonchev–Trinajstić information content (AvgIpc) is 3.39. The Morgan fingerprint density at radius 1 is 0.889 bits per heavy atom. The minimum atomic E-state index is 0.118. The van der Waals surface area contributed by atoms with Crippen LogP contribution in [0.15, 0.2) is 24.5 Å². The van der Waals surface area contributed by atoms with Crippen molar-refractivity contribution in [2.75, 3.05) is 26.2 Å². The van der Waals surface area contributed by atoms with E-state index in [2.05, 4.69) is 47.1 Å². The number of hydrogen-bond acceptors (Lipinski definition) is 6. The van der Waals surface area contributed by atoms with Crippen LogP contribution in [0.3, 0.4) is 0 Å². The van der Waals surface area contributed by atoms with Crippen molar-refractivity contribution in [1.29, 1.82) is 0 Å². The summed E-state index contributed by atoms with van der Waals surface area (Å²) < 4.78 is 2.14. The Bertz CT molecular complexity index is 740. The van der Waals surface area contributed by atoms with Crippen molar-refractivity contribution >= 4 is 0 Å². The van der Waals surface area contributed by atoms with Gasteiger partial charge in [-0.3, -0.25) is 14.8 Å². The summed E-state index contributed by atoms with van der Waals surface area (Å²) in [6.45, 7) is 4.58. The number of tetrazole rings is 1. The molecule has 27 heavy (non-hydrogen) atoms. The van der Waals surface area contributed by atoms with E-state index < -0.39 is 0 Å². The minimum absolute atomic E-state index is 0.118. The van der Waals surface area contributed by atoms with E-state index in [1.54, 1.807) is 0 Å². The van der Waals surface area contributed by atoms with Crippen LogP contribution < -0.4 is 0 Å². The fourth-order valence-corrected chi connectivity index (χ4v) is 5.28. The van der Waals surface area contributed by atoms with Gasteiger partial charge in [0.1, 0.15) is 0 Å². The average molecular weight is 368 g/mol. The molecule has 0 bridgehead atoms. The fourth-order valence-electron chi connectivity index (χ4n) is 5.28. The third-order valence-electron chi connectivity index (χ3n) is 6.69. The lowest BCUT2D eigenvalue weighted by atomic mass is 9.95. The standard InChI is InChI=1S/C20H29N7/c1-2-5-17(6-3-1)27-20(22-23-24-27)19(16-8-10-21-11-9-16)26-14-13-25-12-4-7-18(25)15-26/h8-11,17-19H,1-7,12-15H2/t18-,19+/m1/s1. The van der Waals surface area contributed by atoms with Gasteiger partial charge in [-0.15, -0.1) is 5.10 Å². The Morgan fingerprint density at radius 3 is 2.56 bits per heavy atom. The summed E-state index contributed by atoms with van der Waals surface area (Å²) in [4.78, 5) is 9.50. The van der Waals surface area contributed by atoms with Crippen LogP contribution in [0.4, 0.5) is 0 Å². The van der Waals surface area contributed by atoms with E-state index in [1.807, 2.05) is 12.4 Å². The largest absolute Gasteiger partial charge is 0.298 e. The van der Waals surface area contributed by atoms with Gasteiger partial charge in [-0.2, -0.15) is 0 Å². The summed E-state index contributed by atoms with van der Waals surface area (Å²) in [5, 5.41) is 13.1. The second kappa shape index (κ2) is 7.64. The zero-order valence-electron chi connectivity index (χ0n) is 16.0. The Labute approximate surface area is 160 Å². The van der Waals surface area contributed by atoms with Gasteiger partial charge in [-0.05, 0) is 60.4 Å². The molecule has 3 aliphatic rings. The molecule has 2 aromatic rings. The lowest BCUT2D eigenvalue weighted by Gasteiger charge is -2.41. The molecule has 5 rings (SSSR count). The molecule has 1 aliphatic carbocycles. The summed E-state index contributed by atoms with van der Waals surface area (Å²) in [6, 6.07) is 5.51. The predicted molar refractivity (Wildman–Crippen MR) is 102 cm³/mol. The van der Waals surface area contributed by atoms with Crippen LogP contribution in [-0.4, -0.2) is 67.2 Å². The molecule has 1 saturated carbocycles. The summed E-state index contributed by atoms with van der Waals surface area (Å²) in [5.74, 6) is 1.01. The molecule has 0 amide bonds. The van der Waals surface area contributed by atoms with Crippen LogP contribution in [0.5, 0.6) is 0 Å². The highest BCUT2D eigenvalue weighted by Gasteiger charge is 2.37. The highest BCUT2D eigenvalue weighted by atomic mass is 15.6. The lowest BCUT2D eigenvalue weighted by molar-refractivity contribution is 0.0781. The van der Waals surface area contributed by atoms with Crippen molar-refractivity contribution in [3.63, 3.8) is 0 Å². The van der Waals surface area contributed by atoms with Crippen molar-refractivity contribution < 1.29 is 0 Å². The van der Waals surface area contributed by atoms with Crippen LogP contribution >= 0.6 is 0 Å². The summed E-state index contributed by atoms with van der Waals surface area (Å²) in [5.41, 5.74) is 1.25. The Balaban J connectivity index is 1.49. The molecular weight excluding hydrogens is 338 g/mol. The molecule has 7 heteroatoms. The number of fused-ring (bicyclic) bond motifs is 1. The molecule has 2 atom stereocenters. The van der Waals surface area contributed by atoms with Crippen molar-refractivity contribution in [1.82, 2.24) is 35.0 Å². The first-order chi connectivity index (χ1) is 13.4. The Kier molecular flexibility index (Phi) is 4.88. The molecule has 0 aromatic carbocycles. The SMILES string of the molecule is c1cc([C@@H](c2nnnn2C2CCCCC2)N2CCN3CCC[C@@H]3C2)ccn1. The van der Waals surface area contributed by atoms with E-state index in [0.29, 0.717) is 12.1 Å². The van der Waals surface area contributed by atoms with Gasteiger partial charge in [0.2, 0.25) is 0 Å². The summed E-state index contributed by atoms with van der Waals surface area (Å²) >= 11 is 0. The predicted octanol–water partition coefficient (Wildman–Crippen LogP) is 2.44. The van der Waals surface area contributed by atoms with Crippen LogP contribution in [0, 0.1) is 0 Å². The number of rotatable bonds is 4. The number of pyridine rings is 1. The molecule has 0 N–H and O–H groups in total. The van der Waals surface area contributed by atoms with E-state index in [4.69, 9.17) is 0 Å². The van der Waals surface area contributed by atoms with Crippen molar-refractivity contribution in [3.8, 4) is 0 Å². The first-order valence-corrected chi connectivity index (χ1v) is 10.6. The van der Waals surface area contributed by atoms with Gasteiger partial charge in [0.25, 0.3) is 0 Å². The van der Waals surface area contributed by atoms with Gasteiger partial charge in [0.15, 0.2) is 5.82 Å². The minimum Gasteiger partial charge on any atom is -0.298 e. The highest BCUT2D eigenvalue weighted by Crippen LogP contribution is 2.35. The van der Waals surface area contributed by atoms with Crippen LogP contribution in [0.1, 0.15) is 68.4 Å². The van der Waals surface area contributed by atoms with Crippen molar-refractivity contribution in [2.24, 2.45) is 0 Å². The fraction of sp³-hybridized carbons (Fsp3) is 0.700. The monoisotopic (exact) mass is 367 g/mol. The summed E-state index contributed by atoms with van der Waals surface area (Å²) in [6.07, 6.45) is 12.7. The van der Waals surface area contributed by atoms with Crippen molar-refractivity contribution in [2.45, 2.75) is 63.1 Å². The van der Waals surface area contributed by atoms with Gasteiger partial charge < -0.3 is 0 Å². The lowest BCUT2D eigenvalue weighted by Crippen LogP contribution is -2.51. The van der Waals surface area contributed by atoms with Crippen LogP contribution in [-0.2, 0) is 0 Å². The first kappa shape index (κ1) is 17.3. The second-order valence-corrected chi connectivity index (χ2v) is 8.28. The third-order valence-corrected chi connectivity index (χ3v) is 6.69. The maximum Gasteiger partial charge on any atom is 0.173 e. The number of nitrogens with zero attached hydrogens (tertiary/aromatic N) is 7. The van der Waals surface area contributed by atoms with E-state index in [0.717, 1.165) is 25.5 Å². The van der Waals surface area contributed by atoms with E-state index in [-0.39, 0.29) is 6.04 Å². The first-order valence-electron chi connectivity index (χ1n) is 10.6. The van der Waals surface area contributed by atoms with E-state index >= 15 is 0 Å². The molecular formula is C20H29N7. The molecule has 0 radical (unpaired) electrons. The molecule has 0 spiro atoms. The highest BCUT2D eigenvalue weighted by molar-refractivity contribution is 5.23. The second-order valence-electron chi connectivity index (χ2n) is 8.28. The third kappa shape index (κ3) is 3.38. The topological polar surface area (TPSA) is 63.0 Å². The number of aromatic nitrogens is 5.